The quantitative estimate of drug-likeness (QED) is 0.574. The zero-order valence-corrected chi connectivity index (χ0v) is 9.53. The van der Waals surface area contributed by atoms with E-state index in [1.165, 1.54) is 6.92 Å². The lowest BCUT2D eigenvalue weighted by Gasteiger charge is -2.09. The second-order valence-electron chi connectivity index (χ2n) is 3.51. The number of carboxylic acids is 1. The average molecular weight is 234 g/mol. The standard InChI is InChI=1S/C6H14O.C4H6O3.Al.3H/c1-5(2)7-6(3)4;1-3(5)2-4(6)7;;;;/h5-6H,1-4H3;2H2,1H3,(H,6,7);;;;. The number of ether oxygens (including phenoxy) is 1. The number of hydrogen-bond donors (Lipinski definition) is 1. The van der Waals surface area contributed by atoms with Gasteiger partial charge in [0.1, 0.15) is 12.2 Å². The first-order valence-corrected chi connectivity index (χ1v) is 4.62. The molecule has 0 unspecified atom stereocenters. The van der Waals surface area contributed by atoms with Crippen molar-refractivity contribution in [2.75, 3.05) is 0 Å². The summed E-state index contributed by atoms with van der Waals surface area (Å²) in [6.45, 7) is 9.41. The minimum absolute atomic E-state index is 0. The third kappa shape index (κ3) is 31.7. The summed E-state index contributed by atoms with van der Waals surface area (Å²) >= 11 is 0. The van der Waals surface area contributed by atoms with Gasteiger partial charge in [-0.2, -0.15) is 0 Å². The van der Waals surface area contributed by atoms with Crippen molar-refractivity contribution in [2.24, 2.45) is 0 Å². The van der Waals surface area contributed by atoms with Crippen LogP contribution < -0.4 is 0 Å². The molecule has 0 fully saturated rings. The second kappa shape index (κ2) is 11.7. The maximum Gasteiger partial charge on any atom is 0.310 e. The summed E-state index contributed by atoms with van der Waals surface area (Å²) in [4.78, 5) is 19.5. The van der Waals surface area contributed by atoms with Crippen LogP contribution >= 0.6 is 0 Å². The summed E-state index contributed by atoms with van der Waals surface area (Å²) in [6.07, 6.45) is 0.389. The molecule has 1 N–H and O–H groups in total. The Balaban J connectivity index is -0.000000180. The Morgan fingerprint density at radius 2 is 1.47 bits per heavy atom. The first kappa shape index (κ1) is 20.1. The molecule has 5 heteroatoms. The summed E-state index contributed by atoms with van der Waals surface area (Å²) in [5, 5.41) is 7.86. The number of carboxylic acid groups (broad SMARTS) is 1. The van der Waals surface area contributed by atoms with Crippen LogP contribution in [0, 0.1) is 0 Å². The predicted molar refractivity (Wildman–Crippen MR) is 64.2 cm³/mol. The number of carbonyl (C=O) groups is 2. The Hall–Kier alpha value is -0.368. The highest BCUT2D eigenvalue weighted by Crippen LogP contribution is 1.93. The lowest BCUT2D eigenvalue weighted by atomic mass is 10.3. The van der Waals surface area contributed by atoms with E-state index in [4.69, 9.17) is 9.84 Å². The molecule has 4 nitrogen and oxygen atoms in total. The van der Waals surface area contributed by atoms with E-state index in [-0.39, 0.29) is 29.6 Å². The maximum atomic E-state index is 9.87. The monoisotopic (exact) mass is 234 g/mol. The third-order valence-corrected chi connectivity index (χ3v) is 0.945. The molecule has 0 heterocycles. The Morgan fingerprint density at radius 1 is 1.13 bits per heavy atom. The molecule has 0 aliphatic carbocycles. The number of rotatable bonds is 4. The molecule has 0 saturated heterocycles. The van der Waals surface area contributed by atoms with Gasteiger partial charge in [0.25, 0.3) is 0 Å². The van der Waals surface area contributed by atoms with Crippen molar-refractivity contribution in [3.8, 4) is 0 Å². The van der Waals surface area contributed by atoms with Gasteiger partial charge in [-0.15, -0.1) is 0 Å². The molecule has 0 rings (SSSR count). The van der Waals surface area contributed by atoms with E-state index in [9.17, 15) is 9.59 Å². The fourth-order valence-electron chi connectivity index (χ4n) is 0.757. The third-order valence-electron chi connectivity index (χ3n) is 0.945. The summed E-state index contributed by atoms with van der Waals surface area (Å²) in [6, 6.07) is 0. The Labute approximate surface area is 102 Å². The van der Waals surface area contributed by atoms with Gasteiger partial charge in [0, 0.05) is 0 Å². The van der Waals surface area contributed by atoms with Gasteiger partial charge < -0.3 is 9.84 Å². The highest BCUT2D eigenvalue weighted by molar-refractivity contribution is 5.93. The second-order valence-corrected chi connectivity index (χ2v) is 3.51. The van der Waals surface area contributed by atoms with Crippen molar-refractivity contribution < 1.29 is 19.4 Å². The van der Waals surface area contributed by atoms with Crippen LogP contribution in [0.2, 0.25) is 0 Å². The molecule has 0 radical (unpaired) electrons. The van der Waals surface area contributed by atoms with Crippen LogP contribution in [0.3, 0.4) is 0 Å². The van der Waals surface area contributed by atoms with E-state index in [0.717, 1.165) is 0 Å². The molecule has 0 aliphatic heterocycles. The maximum absolute atomic E-state index is 9.87. The van der Waals surface area contributed by atoms with Gasteiger partial charge in [-0.25, -0.2) is 0 Å². The molecule has 0 saturated carbocycles. The van der Waals surface area contributed by atoms with Crippen LogP contribution in [0.1, 0.15) is 41.0 Å². The van der Waals surface area contributed by atoms with E-state index < -0.39 is 5.97 Å². The predicted octanol–water partition coefficient (Wildman–Crippen LogP) is 0.686. The fourth-order valence-corrected chi connectivity index (χ4v) is 0.757. The van der Waals surface area contributed by atoms with Crippen LogP contribution in [0.15, 0.2) is 0 Å². The molecule has 0 aliphatic rings. The van der Waals surface area contributed by atoms with Gasteiger partial charge in [0.2, 0.25) is 0 Å². The van der Waals surface area contributed by atoms with Crippen molar-refractivity contribution >= 4 is 29.1 Å². The van der Waals surface area contributed by atoms with Crippen molar-refractivity contribution in [3.63, 3.8) is 0 Å². The number of Topliss-reactive ketones (excluding diaryl/α,β-unsaturated/α-hetero) is 1. The van der Waals surface area contributed by atoms with Crippen LogP contribution in [0.25, 0.3) is 0 Å². The first-order chi connectivity index (χ1) is 6.25. The minimum atomic E-state index is -1.06. The Morgan fingerprint density at radius 3 is 1.47 bits per heavy atom. The number of hydrogen-bond acceptors (Lipinski definition) is 3. The minimum Gasteiger partial charge on any atom is -0.481 e. The van der Waals surface area contributed by atoms with E-state index >= 15 is 0 Å². The van der Waals surface area contributed by atoms with Crippen molar-refractivity contribution in [1.29, 1.82) is 0 Å². The molecule has 15 heavy (non-hydrogen) atoms. The fraction of sp³-hybridized carbons (Fsp3) is 0.800. The zero-order valence-electron chi connectivity index (χ0n) is 9.53. The zero-order chi connectivity index (χ0) is 11.7. The van der Waals surface area contributed by atoms with Crippen LogP contribution in [0.5, 0.6) is 0 Å². The molecular formula is C10H23AlO4. The lowest BCUT2D eigenvalue weighted by molar-refractivity contribution is -0.139. The van der Waals surface area contributed by atoms with E-state index in [2.05, 4.69) is 0 Å². The average Bonchev–Trinajstić information content (AvgIpc) is 1.79. The number of ketones is 1. The van der Waals surface area contributed by atoms with E-state index in [1.54, 1.807) is 0 Å². The van der Waals surface area contributed by atoms with E-state index in [1.807, 2.05) is 27.7 Å². The topological polar surface area (TPSA) is 63.6 Å². The largest absolute Gasteiger partial charge is 0.481 e. The van der Waals surface area contributed by atoms with Crippen LogP contribution in [-0.2, 0) is 14.3 Å². The van der Waals surface area contributed by atoms with Crippen molar-refractivity contribution in [3.05, 3.63) is 0 Å². The summed E-state index contributed by atoms with van der Waals surface area (Å²) < 4.78 is 5.25. The molecule has 0 atom stereocenters. The van der Waals surface area contributed by atoms with Crippen LogP contribution in [-0.4, -0.2) is 46.4 Å². The molecule has 0 bridgehead atoms. The SMILES string of the molecule is CC(=O)CC(=O)O.CC(C)OC(C)C.[AlH3]. The summed E-state index contributed by atoms with van der Waals surface area (Å²) in [5.41, 5.74) is 0. The molecule has 0 aromatic rings. The molecule has 0 aromatic carbocycles. The molecule has 0 aromatic heterocycles. The molecule has 0 spiro atoms. The normalized spacial score (nSPS) is 9.00. The smallest absolute Gasteiger partial charge is 0.310 e. The highest BCUT2D eigenvalue weighted by Gasteiger charge is 1.98. The van der Waals surface area contributed by atoms with Gasteiger partial charge in [0.05, 0.1) is 12.2 Å². The molecule has 0 amide bonds. The van der Waals surface area contributed by atoms with Crippen molar-refractivity contribution in [1.82, 2.24) is 0 Å². The van der Waals surface area contributed by atoms with Gasteiger partial charge >= 0.3 is 5.97 Å². The molecule has 90 valence electrons. The first-order valence-electron chi connectivity index (χ1n) is 4.62. The van der Waals surface area contributed by atoms with Gasteiger partial charge in [-0.3, -0.25) is 9.59 Å². The van der Waals surface area contributed by atoms with Crippen LogP contribution in [0.4, 0.5) is 0 Å². The van der Waals surface area contributed by atoms with Gasteiger partial charge in [-0.05, 0) is 34.6 Å². The summed E-state index contributed by atoms with van der Waals surface area (Å²) in [7, 11) is 0. The van der Waals surface area contributed by atoms with Gasteiger partial charge in [0.15, 0.2) is 17.4 Å². The van der Waals surface area contributed by atoms with Crippen molar-refractivity contribution in [2.45, 2.75) is 53.2 Å². The highest BCUT2D eigenvalue weighted by atomic mass is 27.0. The summed E-state index contributed by atoms with van der Waals surface area (Å²) in [5.74, 6) is -1.37. The van der Waals surface area contributed by atoms with E-state index in [0.29, 0.717) is 12.2 Å². The molecular weight excluding hydrogens is 211 g/mol. The Kier molecular flexibility index (Phi) is 15.7. The number of aliphatic carboxylic acids is 1. The lowest BCUT2D eigenvalue weighted by Crippen LogP contribution is -2.09. The van der Waals surface area contributed by atoms with Gasteiger partial charge in [-0.1, -0.05) is 0 Å². The number of carbonyl (C=O) groups excluding carboxylic acids is 1. The Bertz CT molecular complexity index is 160.